The summed E-state index contributed by atoms with van der Waals surface area (Å²) < 4.78 is 43.2. The van der Waals surface area contributed by atoms with Gasteiger partial charge < -0.3 is 15.0 Å². The SMILES string of the molecule is C=CC(=O)Nc1cc(N2CCN(C(F)(F)F)CC2)ccc1C(=O)OCC. The highest BCUT2D eigenvalue weighted by Crippen LogP contribution is 2.28. The van der Waals surface area contributed by atoms with Gasteiger partial charge in [-0.3, -0.25) is 4.79 Å². The minimum Gasteiger partial charge on any atom is -0.462 e. The van der Waals surface area contributed by atoms with Gasteiger partial charge in [0, 0.05) is 31.9 Å². The summed E-state index contributed by atoms with van der Waals surface area (Å²) in [5, 5.41) is 2.54. The first-order valence-corrected chi connectivity index (χ1v) is 8.07. The molecule has 1 N–H and O–H groups in total. The number of carbonyl (C=O) groups is 2. The Hall–Kier alpha value is -2.55. The Morgan fingerprint density at radius 1 is 1.27 bits per heavy atom. The maximum Gasteiger partial charge on any atom is 0.460 e. The number of benzene rings is 1. The Morgan fingerprint density at radius 2 is 1.92 bits per heavy atom. The smallest absolute Gasteiger partial charge is 0.460 e. The lowest BCUT2D eigenvalue weighted by Gasteiger charge is -2.36. The fraction of sp³-hybridized carbons (Fsp3) is 0.412. The van der Waals surface area contributed by atoms with Crippen molar-refractivity contribution in [2.24, 2.45) is 0 Å². The van der Waals surface area contributed by atoms with Crippen LogP contribution in [-0.4, -0.2) is 55.9 Å². The van der Waals surface area contributed by atoms with E-state index in [1.54, 1.807) is 24.0 Å². The molecule has 1 aliphatic rings. The van der Waals surface area contributed by atoms with E-state index in [2.05, 4.69) is 11.9 Å². The fourth-order valence-electron chi connectivity index (χ4n) is 2.62. The Labute approximate surface area is 149 Å². The van der Waals surface area contributed by atoms with Crippen molar-refractivity contribution in [3.63, 3.8) is 0 Å². The van der Waals surface area contributed by atoms with Crippen molar-refractivity contribution >= 4 is 23.3 Å². The molecule has 2 rings (SSSR count). The van der Waals surface area contributed by atoms with Crippen molar-refractivity contribution < 1.29 is 27.5 Å². The van der Waals surface area contributed by atoms with Crippen molar-refractivity contribution in [2.75, 3.05) is 43.0 Å². The molecule has 1 amide bonds. The lowest BCUT2D eigenvalue weighted by atomic mass is 10.1. The lowest BCUT2D eigenvalue weighted by molar-refractivity contribution is -0.246. The number of hydrogen-bond donors (Lipinski definition) is 1. The maximum absolute atomic E-state index is 12.7. The fourth-order valence-corrected chi connectivity index (χ4v) is 2.62. The van der Waals surface area contributed by atoms with Crippen molar-refractivity contribution in [3.8, 4) is 0 Å². The van der Waals surface area contributed by atoms with Gasteiger partial charge >= 0.3 is 12.3 Å². The number of amides is 1. The van der Waals surface area contributed by atoms with E-state index in [1.807, 2.05) is 0 Å². The first kappa shape index (κ1) is 19.8. The van der Waals surface area contributed by atoms with E-state index in [1.165, 1.54) is 6.07 Å². The van der Waals surface area contributed by atoms with Crippen LogP contribution in [0.15, 0.2) is 30.9 Å². The quantitative estimate of drug-likeness (QED) is 0.490. The molecule has 0 aromatic heterocycles. The summed E-state index contributed by atoms with van der Waals surface area (Å²) in [4.78, 5) is 25.9. The van der Waals surface area contributed by atoms with Crippen molar-refractivity contribution in [2.45, 2.75) is 13.2 Å². The lowest BCUT2D eigenvalue weighted by Crippen LogP contribution is -2.51. The molecule has 0 saturated carbocycles. The molecule has 26 heavy (non-hydrogen) atoms. The number of nitrogens with zero attached hydrogens (tertiary/aromatic N) is 2. The summed E-state index contributed by atoms with van der Waals surface area (Å²) in [5.74, 6) is -1.10. The summed E-state index contributed by atoms with van der Waals surface area (Å²) in [5.41, 5.74) is 1.00. The molecular weight excluding hydrogens is 351 g/mol. The van der Waals surface area contributed by atoms with Crippen LogP contribution in [0.2, 0.25) is 0 Å². The molecule has 6 nitrogen and oxygen atoms in total. The minimum absolute atomic E-state index is 0.155. The molecule has 1 saturated heterocycles. The van der Waals surface area contributed by atoms with Gasteiger partial charge in [0.2, 0.25) is 5.91 Å². The number of ether oxygens (including phenoxy) is 1. The zero-order valence-corrected chi connectivity index (χ0v) is 14.3. The molecule has 9 heteroatoms. The van der Waals surface area contributed by atoms with Gasteiger partial charge in [0.1, 0.15) is 0 Å². The minimum atomic E-state index is -4.34. The Bertz CT molecular complexity index is 684. The normalized spacial score (nSPS) is 15.5. The van der Waals surface area contributed by atoms with Gasteiger partial charge in [0.05, 0.1) is 17.9 Å². The predicted octanol–water partition coefficient (Wildman–Crippen LogP) is 2.63. The standard InChI is InChI=1S/C17H20F3N3O3/c1-3-15(24)21-14-11-12(5-6-13(14)16(25)26-4-2)22-7-9-23(10-8-22)17(18,19)20/h3,5-6,11H,1,4,7-10H2,2H3,(H,21,24). The number of hydrogen-bond acceptors (Lipinski definition) is 5. The molecule has 1 fully saturated rings. The van der Waals surface area contributed by atoms with Crippen LogP contribution in [0.1, 0.15) is 17.3 Å². The predicted molar refractivity (Wildman–Crippen MR) is 91.1 cm³/mol. The van der Waals surface area contributed by atoms with Gasteiger partial charge in [-0.2, -0.15) is 13.2 Å². The number of halogens is 3. The second-order valence-electron chi connectivity index (χ2n) is 5.59. The highest BCUT2D eigenvalue weighted by molar-refractivity contribution is 6.05. The van der Waals surface area contributed by atoms with Crippen LogP contribution in [0.3, 0.4) is 0 Å². The first-order valence-electron chi connectivity index (χ1n) is 8.07. The second kappa shape index (κ2) is 8.22. The van der Waals surface area contributed by atoms with Crippen LogP contribution in [0, 0.1) is 0 Å². The molecule has 1 aromatic carbocycles. The first-order chi connectivity index (χ1) is 12.3. The van der Waals surface area contributed by atoms with E-state index >= 15 is 0 Å². The van der Waals surface area contributed by atoms with E-state index in [0.717, 1.165) is 6.08 Å². The molecule has 1 aromatic rings. The van der Waals surface area contributed by atoms with Crippen LogP contribution in [-0.2, 0) is 9.53 Å². The molecule has 0 atom stereocenters. The number of rotatable bonds is 5. The molecular formula is C17H20F3N3O3. The van der Waals surface area contributed by atoms with Crippen molar-refractivity contribution in [1.82, 2.24) is 4.90 Å². The monoisotopic (exact) mass is 371 g/mol. The molecule has 0 bridgehead atoms. The summed E-state index contributed by atoms with van der Waals surface area (Å²) in [6.45, 7) is 5.23. The molecule has 0 aliphatic carbocycles. The van der Waals surface area contributed by atoms with Gasteiger partial charge in [-0.05, 0) is 31.2 Å². The largest absolute Gasteiger partial charge is 0.462 e. The highest BCUT2D eigenvalue weighted by atomic mass is 19.4. The Balaban J connectivity index is 2.22. The third kappa shape index (κ3) is 4.75. The summed E-state index contributed by atoms with van der Waals surface area (Å²) in [6, 6.07) is 4.66. The molecule has 0 spiro atoms. The molecule has 0 radical (unpaired) electrons. The summed E-state index contributed by atoms with van der Waals surface area (Å²) >= 11 is 0. The molecule has 1 heterocycles. The molecule has 142 valence electrons. The average Bonchev–Trinajstić information content (AvgIpc) is 2.61. The van der Waals surface area contributed by atoms with E-state index in [0.29, 0.717) is 10.6 Å². The van der Waals surface area contributed by atoms with Gasteiger partial charge in [0.25, 0.3) is 0 Å². The highest BCUT2D eigenvalue weighted by Gasteiger charge is 2.38. The van der Waals surface area contributed by atoms with Gasteiger partial charge in [0.15, 0.2) is 0 Å². The van der Waals surface area contributed by atoms with E-state index in [4.69, 9.17) is 4.74 Å². The average molecular weight is 371 g/mol. The van der Waals surface area contributed by atoms with Crippen LogP contribution in [0.4, 0.5) is 24.5 Å². The van der Waals surface area contributed by atoms with Gasteiger partial charge in [-0.25, -0.2) is 9.69 Å². The van der Waals surface area contributed by atoms with Crippen LogP contribution >= 0.6 is 0 Å². The number of piperazine rings is 1. The van der Waals surface area contributed by atoms with E-state index in [-0.39, 0.29) is 44.0 Å². The topological polar surface area (TPSA) is 61.9 Å². The Morgan fingerprint density at radius 3 is 2.46 bits per heavy atom. The summed E-state index contributed by atoms with van der Waals surface area (Å²) in [6.07, 6.45) is -3.29. The second-order valence-corrected chi connectivity index (χ2v) is 5.59. The summed E-state index contributed by atoms with van der Waals surface area (Å²) in [7, 11) is 0. The zero-order chi connectivity index (χ0) is 19.3. The third-order valence-electron chi connectivity index (χ3n) is 3.95. The Kier molecular flexibility index (Phi) is 6.25. The number of carbonyl (C=O) groups excluding carboxylic acids is 2. The van der Waals surface area contributed by atoms with E-state index < -0.39 is 18.2 Å². The third-order valence-corrected chi connectivity index (χ3v) is 3.95. The number of nitrogens with one attached hydrogen (secondary N) is 1. The van der Waals surface area contributed by atoms with Crippen LogP contribution in [0.5, 0.6) is 0 Å². The van der Waals surface area contributed by atoms with Crippen molar-refractivity contribution in [3.05, 3.63) is 36.4 Å². The number of alkyl halides is 3. The maximum atomic E-state index is 12.7. The van der Waals surface area contributed by atoms with Crippen LogP contribution < -0.4 is 10.2 Å². The molecule has 1 aliphatic heterocycles. The van der Waals surface area contributed by atoms with Crippen LogP contribution in [0.25, 0.3) is 0 Å². The zero-order valence-electron chi connectivity index (χ0n) is 14.3. The number of esters is 1. The van der Waals surface area contributed by atoms with Crippen molar-refractivity contribution in [1.29, 1.82) is 0 Å². The number of anilines is 2. The van der Waals surface area contributed by atoms with Gasteiger partial charge in [-0.15, -0.1) is 0 Å². The molecule has 0 unspecified atom stereocenters. The van der Waals surface area contributed by atoms with Gasteiger partial charge in [-0.1, -0.05) is 6.58 Å². The van der Waals surface area contributed by atoms with E-state index in [9.17, 15) is 22.8 Å².